The second kappa shape index (κ2) is 5.64. The first-order chi connectivity index (χ1) is 9.53. The molecule has 6 heteroatoms. The minimum absolute atomic E-state index is 0.265. The molecule has 20 heavy (non-hydrogen) atoms. The SMILES string of the molecule is C=CCCCCCC12N=CN(C)C1C(=O)NC(=O)N2C. The molecule has 2 atom stereocenters. The highest BCUT2D eigenvalue weighted by Crippen LogP contribution is 2.35. The lowest BCUT2D eigenvalue weighted by molar-refractivity contribution is -0.130. The fourth-order valence-corrected chi connectivity index (χ4v) is 2.97. The fraction of sp³-hybridized carbons (Fsp3) is 0.643. The summed E-state index contributed by atoms with van der Waals surface area (Å²) in [7, 11) is 3.52. The molecule has 2 rings (SSSR count). The van der Waals surface area contributed by atoms with E-state index in [0.29, 0.717) is 6.42 Å². The number of fused-ring (bicyclic) bond motifs is 1. The number of nitrogens with zero attached hydrogens (tertiary/aromatic N) is 3. The zero-order valence-corrected chi connectivity index (χ0v) is 12.1. The van der Waals surface area contributed by atoms with Gasteiger partial charge < -0.3 is 9.80 Å². The molecule has 0 aromatic carbocycles. The summed E-state index contributed by atoms with van der Waals surface area (Å²) in [6, 6.07) is -0.797. The van der Waals surface area contributed by atoms with Crippen LogP contribution in [0.25, 0.3) is 0 Å². The van der Waals surface area contributed by atoms with E-state index >= 15 is 0 Å². The lowest BCUT2D eigenvalue weighted by Gasteiger charge is -2.44. The maximum Gasteiger partial charge on any atom is 0.325 e. The Morgan fingerprint density at radius 2 is 2.15 bits per heavy atom. The van der Waals surface area contributed by atoms with E-state index in [1.807, 2.05) is 13.1 Å². The van der Waals surface area contributed by atoms with Gasteiger partial charge >= 0.3 is 6.03 Å². The van der Waals surface area contributed by atoms with Crippen LogP contribution in [-0.2, 0) is 4.79 Å². The number of unbranched alkanes of at least 4 members (excludes halogenated alkanes) is 3. The van der Waals surface area contributed by atoms with Crippen molar-refractivity contribution in [2.45, 2.75) is 43.8 Å². The van der Waals surface area contributed by atoms with Crippen LogP contribution in [0.2, 0.25) is 0 Å². The number of likely N-dealkylation sites (N-methyl/N-ethyl adjacent to an activating group) is 2. The second-order valence-corrected chi connectivity index (χ2v) is 5.43. The summed E-state index contributed by atoms with van der Waals surface area (Å²) in [5.74, 6) is -0.265. The lowest BCUT2D eigenvalue weighted by Crippen LogP contribution is -2.69. The summed E-state index contributed by atoms with van der Waals surface area (Å²) in [6.07, 6.45) is 8.31. The topological polar surface area (TPSA) is 65.0 Å². The summed E-state index contributed by atoms with van der Waals surface area (Å²) in [4.78, 5) is 31.8. The van der Waals surface area contributed by atoms with Gasteiger partial charge in [0.2, 0.25) is 0 Å². The Kier molecular flexibility index (Phi) is 4.11. The number of carbonyl (C=O) groups is 2. The van der Waals surface area contributed by atoms with Crippen LogP contribution >= 0.6 is 0 Å². The van der Waals surface area contributed by atoms with Crippen LogP contribution in [0, 0.1) is 0 Å². The van der Waals surface area contributed by atoms with Crippen molar-refractivity contribution in [3.63, 3.8) is 0 Å². The molecule has 0 aliphatic carbocycles. The predicted molar refractivity (Wildman–Crippen MR) is 77.4 cm³/mol. The highest BCUT2D eigenvalue weighted by Gasteiger charge is 2.56. The van der Waals surface area contributed by atoms with Gasteiger partial charge in [0.05, 0.1) is 6.34 Å². The number of amides is 3. The zero-order valence-electron chi connectivity index (χ0n) is 12.1. The number of aliphatic imine (C=N–C) groups is 1. The maximum atomic E-state index is 12.1. The Balaban J connectivity index is 2.10. The molecule has 0 radical (unpaired) electrons. The summed E-state index contributed by atoms with van der Waals surface area (Å²) in [6.45, 7) is 3.71. The van der Waals surface area contributed by atoms with E-state index in [0.717, 1.165) is 25.7 Å². The van der Waals surface area contributed by atoms with Crippen molar-refractivity contribution in [2.24, 2.45) is 4.99 Å². The van der Waals surface area contributed by atoms with Crippen LogP contribution in [0.4, 0.5) is 4.79 Å². The number of allylic oxidation sites excluding steroid dienone is 1. The van der Waals surface area contributed by atoms with Gasteiger partial charge in [-0.05, 0) is 25.7 Å². The second-order valence-electron chi connectivity index (χ2n) is 5.43. The van der Waals surface area contributed by atoms with Crippen molar-refractivity contribution in [3.05, 3.63) is 12.7 Å². The molecule has 2 aliphatic rings. The molecule has 1 N–H and O–H groups in total. The first kappa shape index (κ1) is 14.6. The van der Waals surface area contributed by atoms with Crippen LogP contribution in [0.3, 0.4) is 0 Å². The van der Waals surface area contributed by atoms with Gasteiger partial charge in [-0.15, -0.1) is 6.58 Å². The summed E-state index contributed by atoms with van der Waals surface area (Å²) in [5.41, 5.74) is -0.748. The van der Waals surface area contributed by atoms with Crippen molar-refractivity contribution in [2.75, 3.05) is 14.1 Å². The quantitative estimate of drug-likeness (QED) is 0.589. The van der Waals surface area contributed by atoms with Crippen LogP contribution in [0.5, 0.6) is 0 Å². The molecule has 1 saturated heterocycles. The van der Waals surface area contributed by atoms with E-state index < -0.39 is 11.7 Å². The molecule has 2 heterocycles. The van der Waals surface area contributed by atoms with Crippen molar-refractivity contribution in [3.8, 4) is 0 Å². The summed E-state index contributed by atoms with van der Waals surface area (Å²) in [5, 5.41) is 2.38. The third-order valence-corrected chi connectivity index (χ3v) is 4.13. The van der Waals surface area contributed by atoms with Gasteiger partial charge in [0.1, 0.15) is 0 Å². The number of hydrogen-bond acceptors (Lipinski definition) is 4. The molecule has 6 nitrogen and oxygen atoms in total. The zero-order chi connectivity index (χ0) is 14.8. The van der Waals surface area contributed by atoms with Gasteiger partial charge in [-0.2, -0.15) is 0 Å². The first-order valence-electron chi connectivity index (χ1n) is 7.00. The third kappa shape index (κ3) is 2.30. The standard InChI is InChI=1S/C14H22N4O2/c1-4-5-6-7-8-9-14-11(17(2)10-15-14)12(19)16-13(20)18(14)3/h4,10-11H,1,5-9H2,2-3H3,(H,16,19,20). The Bertz CT molecular complexity index is 448. The highest BCUT2D eigenvalue weighted by molar-refractivity contribution is 6.02. The maximum absolute atomic E-state index is 12.1. The van der Waals surface area contributed by atoms with Crippen LogP contribution in [0.1, 0.15) is 32.1 Å². The Morgan fingerprint density at radius 1 is 1.40 bits per heavy atom. The number of hydrogen-bond donors (Lipinski definition) is 1. The van der Waals surface area contributed by atoms with E-state index in [-0.39, 0.29) is 11.9 Å². The predicted octanol–water partition coefficient (Wildman–Crippen LogP) is 1.34. The molecule has 1 fully saturated rings. The number of carbonyl (C=O) groups excluding carboxylic acids is 2. The van der Waals surface area contributed by atoms with Gasteiger partial charge in [-0.1, -0.05) is 12.5 Å². The molecular weight excluding hydrogens is 256 g/mol. The van der Waals surface area contributed by atoms with Crippen molar-refractivity contribution < 1.29 is 9.59 Å². The molecule has 0 aromatic heterocycles. The number of urea groups is 1. The molecule has 0 spiro atoms. The summed E-state index contributed by atoms with van der Waals surface area (Å²) < 4.78 is 0. The van der Waals surface area contributed by atoms with Crippen LogP contribution in [-0.4, -0.2) is 53.9 Å². The van der Waals surface area contributed by atoms with Crippen molar-refractivity contribution in [1.29, 1.82) is 0 Å². The monoisotopic (exact) mass is 278 g/mol. The van der Waals surface area contributed by atoms with Gasteiger partial charge in [-0.25, -0.2) is 9.79 Å². The van der Waals surface area contributed by atoms with Crippen LogP contribution < -0.4 is 5.32 Å². The van der Waals surface area contributed by atoms with E-state index in [2.05, 4.69) is 16.9 Å². The molecule has 110 valence electrons. The van der Waals surface area contributed by atoms with E-state index in [4.69, 9.17) is 0 Å². The van der Waals surface area contributed by atoms with E-state index in [1.165, 1.54) is 0 Å². The minimum Gasteiger partial charge on any atom is -0.350 e. The third-order valence-electron chi connectivity index (χ3n) is 4.13. The number of nitrogens with one attached hydrogen (secondary N) is 1. The molecule has 0 bridgehead atoms. The van der Waals surface area contributed by atoms with Crippen molar-refractivity contribution >= 4 is 18.3 Å². The molecule has 2 unspecified atom stereocenters. The van der Waals surface area contributed by atoms with Gasteiger partial charge in [0.15, 0.2) is 11.7 Å². The highest BCUT2D eigenvalue weighted by atomic mass is 16.2. The van der Waals surface area contributed by atoms with E-state index in [1.54, 1.807) is 23.2 Å². The van der Waals surface area contributed by atoms with Gasteiger partial charge in [0.25, 0.3) is 5.91 Å². The first-order valence-corrected chi connectivity index (χ1v) is 7.00. The summed E-state index contributed by atoms with van der Waals surface area (Å²) >= 11 is 0. The molecule has 3 amide bonds. The average molecular weight is 278 g/mol. The number of imide groups is 1. The number of rotatable bonds is 6. The Morgan fingerprint density at radius 3 is 2.85 bits per heavy atom. The van der Waals surface area contributed by atoms with Crippen molar-refractivity contribution in [1.82, 2.24) is 15.1 Å². The van der Waals surface area contributed by atoms with Crippen LogP contribution in [0.15, 0.2) is 17.6 Å². The van der Waals surface area contributed by atoms with E-state index in [9.17, 15) is 9.59 Å². The minimum atomic E-state index is -0.748. The smallest absolute Gasteiger partial charge is 0.325 e. The fourth-order valence-electron chi connectivity index (χ4n) is 2.97. The Labute approximate surface area is 119 Å². The van der Waals surface area contributed by atoms with Gasteiger partial charge in [0, 0.05) is 14.1 Å². The van der Waals surface area contributed by atoms with Gasteiger partial charge in [-0.3, -0.25) is 10.1 Å². The molecule has 0 aromatic rings. The molecular formula is C14H22N4O2. The average Bonchev–Trinajstić information content (AvgIpc) is 2.75. The normalized spacial score (nSPS) is 28.6. The molecule has 2 aliphatic heterocycles. The lowest BCUT2D eigenvalue weighted by atomic mass is 9.90. The largest absolute Gasteiger partial charge is 0.350 e. The molecule has 0 saturated carbocycles. The Hall–Kier alpha value is -1.85.